The molecule has 0 radical (unpaired) electrons. The molecule has 122 valence electrons. The fourth-order valence-corrected chi connectivity index (χ4v) is 2.29. The van der Waals surface area contributed by atoms with E-state index in [9.17, 15) is 23.1 Å². The number of carbonyl (C=O) groups is 1. The number of carbonyl (C=O) groups excluding carboxylic acids is 1. The molecule has 0 spiro atoms. The number of aliphatic hydroxyl groups is 1. The molecule has 0 aliphatic heterocycles. The number of halogens is 3. The topological polar surface area (TPSA) is 49.3 Å². The van der Waals surface area contributed by atoms with E-state index < -0.39 is 30.1 Å². The van der Waals surface area contributed by atoms with Gasteiger partial charge in [-0.1, -0.05) is 48.5 Å². The lowest BCUT2D eigenvalue weighted by atomic mass is 10.0. The van der Waals surface area contributed by atoms with Crippen molar-refractivity contribution in [3.63, 3.8) is 0 Å². The molecule has 0 saturated heterocycles. The highest BCUT2D eigenvalue weighted by Crippen LogP contribution is 2.32. The lowest BCUT2D eigenvalue weighted by Gasteiger charge is -2.18. The molecule has 3 nitrogen and oxygen atoms in total. The zero-order chi connectivity index (χ0) is 16.9. The minimum Gasteiger partial charge on any atom is -0.394 e. The molecule has 0 aliphatic rings. The minimum absolute atomic E-state index is 0.0951. The van der Waals surface area contributed by atoms with Crippen molar-refractivity contribution in [2.24, 2.45) is 0 Å². The number of amides is 1. The molecule has 2 N–H and O–H groups in total. The number of hydrogen-bond acceptors (Lipinski definition) is 2. The summed E-state index contributed by atoms with van der Waals surface area (Å²) in [5.74, 6) is -0.579. The van der Waals surface area contributed by atoms with Crippen molar-refractivity contribution in [1.29, 1.82) is 0 Å². The molecule has 0 aliphatic carbocycles. The average molecular weight is 323 g/mol. The van der Waals surface area contributed by atoms with Crippen LogP contribution in [0, 0.1) is 0 Å². The molecule has 2 aromatic rings. The van der Waals surface area contributed by atoms with Crippen LogP contribution in [0.3, 0.4) is 0 Å². The number of benzene rings is 2. The van der Waals surface area contributed by atoms with E-state index in [0.29, 0.717) is 5.56 Å². The highest BCUT2D eigenvalue weighted by molar-refractivity contribution is 5.79. The number of aliphatic hydroxyl groups excluding tert-OH is 1. The number of nitrogens with one attached hydrogen (secondary N) is 1. The molecule has 0 bridgehead atoms. The lowest BCUT2D eigenvalue weighted by Crippen LogP contribution is -2.32. The van der Waals surface area contributed by atoms with Crippen molar-refractivity contribution < 1.29 is 23.1 Å². The molecule has 0 saturated carbocycles. The third kappa shape index (κ3) is 4.56. The van der Waals surface area contributed by atoms with Crippen molar-refractivity contribution in [3.8, 4) is 0 Å². The van der Waals surface area contributed by atoms with Crippen LogP contribution in [0.5, 0.6) is 0 Å². The summed E-state index contributed by atoms with van der Waals surface area (Å²) in [6, 6.07) is 13.1. The molecule has 2 aromatic carbocycles. The van der Waals surface area contributed by atoms with Gasteiger partial charge in [0.25, 0.3) is 0 Å². The highest BCUT2D eigenvalue weighted by atomic mass is 19.4. The fraction of sp³-hybridized carbons (Fsp3) is 0.235. The maximum atomic E-state index is 12.9. The first-order chi connectivity index (χ1) is 10.9. The van der Waals surface area contributed by atoms with Crippen molar-refractivity contribution in [2.75, 3.05) is 6.61 Å². The standard InChI is InChI=1S/C17H16F3NO2/c18-17(19,20)14-9-5-4-8-13(14)10-16(23)21-15(11-22)12-6-2-1-3-7-12/h1-9,15,22H,10-11H2,(H,21,23)/t15-/m0/s1. The van der Waals surface area contributed by atoms with Crippen molar-refractivity contribution >= 4 is 5.91 Å². The van der Waals surface area contributed by atoms with Crippen LogP contribution >= 0.6 is 0 Å². The fourth-order valence-electron chi connectivity index (χ4n) is 2.29. The Hall–Kier alpha value is -2.34. The van der Waals surface area contributed by atoms with Crippen LogP contribution in [0.4, 0.5) is 13.2 Å². The monoisotopic (exact) mass is 323 g/mol. The molecule has 1 amide bonds. The predicted octanol–water partition coefficient (Wildman–Crippen LogP) is 3.10. The molecule has 1 atom stereocenters. The van der Waals surface area contributed by atoms with Gasteiger partial charge in [-0.25, -0.2) is 0 Å². The molecule has 0 unspecified atom stereocenters. The van der Waals surface area contributed by atoms with E-state index in [4.69, 9.17) is 0 Å². The maximum absolute atomic E-state index is 12.9. The Morgan fingerprint density at radius 2 is 1.65 bits per heavy atom. The largest absolute Gasteiger partial charge is 0.416 e. The van der Waals surface area contributed by atoms with Gasteiger partial charge < -0.3 is 10.4 Å². The van der Waals surface area contributed by atoms with Gasteiger partial charge in [-0.2, -0.15) is 13.2 Å². The maximum Gasteiger partial charge on any atom is 0.416 e. The number of hydrogen-bond donors (Lipinski definition) is 2. The first-order valence-electron chi connectivity index (χ1n) is 7.02. The Bertz CT molecular complexity index is 656. The summed E-state index contributed by atoms with van der Waals surface area (Å²) in [5, 5.41) is 11.9. The van der Waals surface area contributed by atoms with Gasteiger partial charge >= 0.3 is 6.18 Å². The van der Waals surface area contributed by atoms with E-state index in [-0.39, 0.29) is 12.2 Å². The lowest BCUT2D eigenvalue weighted by molar-refractivity contribution is -0.138. The second-order valence-corrected chi connectivity index (χ2v) is 5.05. The summed E-state index contributed by atoms with van der Waals surface area (Å²) < 4.78 is 38.8. The molecule has 0 aromatic heterocycles. The molecular formula is C17H16F3NO2. The van der Waals surface area contributed by atoms with E-state index in [1.54, 1.807) is 30.3 Å². The Morgan fingerprint density at radius 3 is 2.26 bits per heavy atom. The highest BCUT2D eigenvalue weighted by Gasteiger charge is 2.33. The van der Waals surface area contributed by atoms with Gasteiger partial charge in [-0.3, -0.25) is 4.79 Å². The van der Waals surface area contributed by atoms with Crippen molar-refractivity contribution in [2.45, 2.75) is 18.6 Å². The van der Waals surface area contributed by atoms with Gasteiger partial charge in [0, 0.05) is 0 Å². The number of rotatable bonds is 5. The third-order valence-corrected chi connectivity index (χ3v) is 3.39. The number of alkyl halides is 3. The Morgan fingerprint density at radius 1 is 1.04 bits per heavy atom. The van der Waals surface area contributed by atoms with Crippen LogP contribution in [0.2, 0.25) is 0 Å². The zero-order valence-electron chi connectivity index (χ0n) is 12.2. The average Bonchev–Trinajstić information content (AvgIpc) is 2.53. The SMILES string of the molecule is O=C(Cc1ccccc1C(F)(F)F)N[C@@H](CO)c1ccccc1. The molecular weight excluding hydrogens is 307 g/mol. The molecule has 0 fully saturated rings. The molecule has 2 rings (SSSR count). The quantitative estimate of drug-likeness (QED) is 0.888. The first kappa shape index (κ1) is 17.0. The normalized spacial score (nSPS) is 12.7. The van der Waals surface area contributed by atoms with E-state index in [1.807, 2.05) is 0 Å². The van der Waals surface area contributed by atoms with Crippen molar-refractivity contribution in [1.82, 2.24) is 5.32 Å². The summed E-state index contributed by atoms with van der Waals surface area (Å²) in [6.07, 6.45) is -4.91. The van der Waals surface area contributed by atoms with E-state index in [1.165, 1.54) is 18.2 Å². The zero-order valence-corrected chi connectivity index (χ0v) is 12.2. The molecule has 6 heteroatoms. The minimum atomic E-state index is -4.51. The predicted molar refractivity (Wildman–Crippen MR) is 79.6 cm³/mol. The molecule has 0 heterocycles. The summed E-state index contributed by atoms with van der Waals surface area (Å²) in [6.45, 7) is -0.337. The van der Waals surface area contributed by atoms with Crippen LogP contribution in [0.1, 0.15) is 22.7 Å². The van der Waals surface area contributed by atoms with Crippen LogP contribution in [-0.2, 0) is 17.4 Å². The summed E-state index contributed by atoms with van der Waals surface area (Å²) in [4.78, 5) is 12.0. The molecule has 23 heavy (non-hydrogen) atoms. The van der Waals surface area contributed by atoms with Gasteiger partial charge in [-0.05, 0) is 17.2 Å². The van der Waals surface area contributed by atoms with Gasteiger partial charge in [0.1, 0.15) is 0 Å². The summed E-state index contributed by atoms with van der Waals surface area (Å²) >= 11 is 0. The first-order valence-corrected chi connectivity index (χ1v) is 7.02. The van der Waals surface area contributed by atoms with Crippen LogP contribution in [0.15, 0.2) is 54.6 Å². The Labute approximate surface area is 131 Å². The Kier molecular flexibility index (Phi) is 5.39. The second kappa shape index (κ2) is 7.28. The van der Waals surface area contributed by atoms with Gasteiger partial charge in [0.15, 0.2) is 0 Å². The van der Waals surface area contributed by atoms with Crippen LogP contribution in [0.25, 0.3) is 0 Å². The van der Waals surface area contributed by atoms with E-state index in [2.05, 4.69) is 5.32 Å². The summed E-state index contributed by atoms with van der Waals surface area (Å²) in [7, 11) is 0. The van der Waals surface area contributed by atoms with E-state index in [0.717, 1.165) is 6.07 Å². The second-order valence-electron chi connectivity index (χ2n) is 5.05. The van der Waals surface area contributed by atoms with Gasteiger partial charge in [0.05, 0.1) is 24.6 Å². The Balaban J connectivity index is 2.11. The third-order valence-electron chi connectivity index (χ3n) is 3.39. The van der Waals surface area contributed by atoms with Crippen LogP contribution in [-0.4, -0.2) is 17.6 Å². The van der Waals surface area contributed by atoms with Gasteiger partial charge in [0.2, 0.25) is 5.91 Å². The van der Waals surface area contributed by atoms with E-state index >= 15 is 0 Å². The van der Waals surface area contributed by atoms with Crippen molar-refractivity contribution in [3.05, 3.63) is 71.3 Å². The smallest absolute Gasteiger partial charge is 0.394 e. The summed E-state index contributed by atoms with van der Waals surface area (Å²) in [5.41, 5.74) is -0.231. The van der Waals surface area contributed by atoms with Crippen LogP contribution < -0.4 is 5.32 Å². The van der Waals surface area contributed by atoms with Gasteiger partial charge in [-0.15, -0.1) is 0 Å².